The van der Waals surface area contributed by atoms with Gasteiger partial charge in [-0.15, -0.1) is 0 Å². The highest BCUT2D eigenvalue weighted by molar-refractivity contribution is 6.00. The average molecular weight is 253 g/mol. The van der Waals surface area contributed by atoms with Gasteiger partial charge in [0.1, 0.15) is 5.75 Å². The molecule has 0 saturated heterocycles. The number of ether oxygens (including phenoxy) is 1. The molecule has 0 aliphatic rings. The van der Waals surface area contributed by atoms with Gasteiger partial charge in [0.2, 0.25) is 5.91 Å². The minimum Gasteiger partial charge on any atom is -0.496 e. The highest BCUT2D eigenvalue weighted by Crippen LogP contribution is 2.32. The van der Waals surface area contributed by atoms with Crippen LogP contribution in [0.15, 0.2) is 36.7 Å². The third-order valence-corrected chi connectivity index (χ3v) is 2.71. The molecule has 0 fully saturated rings. The van der Waals surface area contributed by atoms with Gasteiger partial charge in [-0.25, -0.2) is 0 Å². The van der Waals surface area contributed by atoms with Gasteiger partial charge in [0.05, 0.1) is 24.3 Å². The predicted molar refractivity (Wildman–Crippen MR) is 69.5 cm³/mol. The van der Waals surface area contributed by atoms with Crippen molar-refractivity contribution in [3.63, 3.8) is 0 Å². The van der Waals surface area contributed by atoms with Crippen LogP contribution in [0.25, 0.3) is 11.1 Å². The zero-order valence-corrected chi connectivity index (χ0v) is 10.3. The average Bonchev–Trinajstić information content (AvgIpc) is 2.46. The van der Waals surface area contributed by atoms with Gasteiger partial charge in [-0.2, -0.15) is 5.26 Å². The van der Waals surface area contributed by atoms with Crippen molar-refractivity contribution in [3.8, 4) is 22.9 Å². The fourth-order valence-corrected chi connectivity index (χ4v) is 1.81. The number of methoxy groups -OCH3 is 1. The molecule has 0 aliphatic carbocycles. The molecule has 2 aromatic rings. The van der Waals surface area contributed by atoms with E-state index in [0.717, 1.165) is 0 Å². The number of carbonyl (C=O) groups is 1. The fraction of sp³-hybridized carbons (Fsp3) is 0.0714. The van der Waals surface area contributed by atoms with Crippen LogP contribution in [0, 0.1) is 11.3 Å². The Morgan fingerprint density at radius 1 is 1.37 bits per heavy atom. The Hall–Kier alpha value is -2.87. The number of pyridine rings is 1. The van der Waals surface area contributed by atoms with Gasteiger partial charge in [-0.1, -0.05) is 0 Å². The Labute approximate surface area is 110 Å². The van der Waals surface area contributed by atoms with Gasteiger partial charge < -0.3 is 10.5 Å². The molecule has 19 heavy (non-hydrogen) atoms. The van der Waals surface area contributed by atoms with Crippen LogP contribution in [0.2, 0.25) is 0 Å². The standard InChI is InChI=1S/C14H11N3O2/c1-19-13-6-9(7-15)2-3-10(13)12-8-17-5-4-11(12)14(16)18/h2-6,8H,1H3,(H2,16,18). The minimum absolute atomic E-state index is 0.359. The Morgan fingerprint density at radius 2 is 2.16 bits per heavy atom. The molecule has 1 aromatic heterocycles. The van der Waals surface area contributed by atoms with Crippen molar-refractivity contribution in [2.75, 3.05) is 7.11 Å². The van der Waals surface area contributed by atoms with Crippen LogP contribution in [0.4, 0.5) is 0 Å². The molecule has 1 aromatic carbocycles. The Balaban J connectivity index is 2.66. The zero-order valence-electron chi connectivity index (χ0n) is 10.3. The summed E-state index contributed by atoms with van der Waals surface area (Å²) in [5.74, 6) is -0.0432. The lowest BCUT2D eigenvalue weighted by Gasteiger charge is -2.11. The van der Waals surface area contributed by atoms with Crippen LogP contribution < -0.4 is 10.5 Å². The van der Waals surface area contributed by atoms with E-state index in [4.69, 9.17) is 15.7 Å². The second kappa shape index (κ2) is 5.19. The molecule has 0 aliphatic heterocycles. The van der Waals surface area contributed by atoms with Gasteiger partial charge >= 0.3 is 0 Å². The highest BCUT2D eigenvalue weighted by Gasteiger charge is 2.14. The number of nitrogens with zero attached hydrogens (tertiary/aromatic N) is 2. The first-order valence-electron chi connectivity index (χ1n) is 5.49. The molecule has 2 rings (SSSR count). The van der Waals surface area contributed by atoms with Gasteiger partial charge in [-0.3, -0.25) is 9.78 Å². The van der Waals surface area contributed by atoms with Crippen molar-refractivity contribution >= 4 is 5.91 Å². The van der Waals surface area contributed by atoms with Crippen molar-refractivity contribution in [1.29, 1.82) is 5.26 Å². The Kier molecular flexibility index (Phi) is 3.44. The van der Waals surface area contributed by atoms with E-state index in [0.29, 0.717) is 28.0 Å². The molecule has 0 unspecified atom stereocenters. The maximum absolute atomic E-state index is 11.4. The first kappa shape index (κ1) is 12.6. The largest absolute Gasteiger partial charge is 0.496 e. The number of carbonyl (C=O) groups excluding carboxylic acids is 1. The van der Waals surface area contributed by atoms with Crippen LogP contribution in [0.3, 0.4) is 0 Å². The molecule has 0 saturated carbocycles. The monoisotopic (exact) mass is 253 g/mol. The number of nitriles is 1. The molecule has 2 N–H and O–H groups in total. The quantitative estimate of drug-likeness (QED) is 0.902. The molecule has 5 heteroatoms. The summed E-state index contributed by atoms with van der Waals surface area (Å²) < 4.78 is 5.25. The van der Waals surface area contributed by atoms with Crippen LogP contribution in [-0.2, 0) is 0 Å². The summed E-state index contributed by atoms with van der Waals surface area (Å²) in [5.41, 5.74) is 7.43. The molecular formula is C14H11N3O2. The van der Waals surface area contributed by atoms with E-state index in [1.54, 1.807) is 30.5 Å². The van der Waals surface area contributed by atoms with Crippen molar-refractivity contribution < 1.29 is 9.53 Å². The van der Waals surface area contributed by atoms with Crippen molar-refractivity contribution in [3.05, 3.63) is 47.8 Å². The smallest absolute Gasteiger partial charge is 0.249 e. The predicted octanol–water partition coefficient (Wildman–Crippen LogP) is 1.73. The number of amides is 1. The van der Waals surface area contributed by atoms with Crippen molar-refractivity contribution in [2.24, 2.45) is 5.73 Å². The lowest BCUT2D eigenvalue weighted by Crippen LogP contribution is -2.12. The van der Waals surface area contributed by atoms with E-state index in [1.165, 1.54) is 13.3 Å². The second-order valence-electron chi connectivity index (χ2n) is 3.81. The molecule has 0 radical (unpaired) electrons. The lowest BCUT2D eigenvalue weighted by atomic mass is 9.99. The number of primary amides is 1. The van der Waals surface area contributed by atoms with Gasteiger partial charge in [0.25, 0.3) is 0 Å². The van der Waals surface area contributed by atoms with Crippen LogP contribution >= 0.6 is 0 Å². The molecular weight excluding hydrogens is 242 g/mol. The Morgan fingerprint density at radius 3 is 2.79 bits per heavy atom. The summed E-state index contributed by atoms with van der Waals surface area (Å²) in [6.07, 6.45) is 3.05. The van der Waals surface area contributed by atoms with Gasteiger partial charge in [-0.05, 0) is 24.3 Å². The molecule has 1 heterocycles. The number of benzene rings is 1. The number of hydrogen-bond acceptors (Lipinski definition) is 4. The minimum atomic E-state index is -0.538. The summed E-state index contributed by atoms with van der Waals surface area (Å²) in [5, 5.41) is 8.87. The van der Waals surface area contributed by atoms with Crippen LogP contribution in [0.1, 0.15) is 15.9 Å². The van der Waals surface area contributed by atoms with E-state index >= 15 is 0 Å². The van der Waals surface area contributed by atoms with E-state index in [2.05, 4.69) is 4.98 Å². The van der Waals surface area contributed by atoms with E-state index in [9.17, 15) is 4.79 Å². The molecule has 94 valence electrons. The second-order valence-corrected chi connectivity index (χ2v) is 3.81. The summed E-state index contributed by atoms with van der Waals surface area (Å²) in [7, 11) is 1.50. The Bertz CT molecular complexity index is 675. The number of hydrogen-bond donors (Lipinski definition) is 1. The third-order valence-electron chi connectivity index (χ3n) is 2.71. The first-order valence-corrected chi connectivity index (χ1v) is 5.49. The van der Waals surface area contributed by atoms with E-state index < -0.39 is 5.91 Å². The van der Waals surface area contributed by atoms with Crippen molar-refractivity contribution in [1.82, 2.24) is 4.98 Å². The van der Waals surface area contributed by atoms with Crippen LogP contribution in [0.5, 0.6) is 5.75 Å². The maximum Gasteiger partial charge on any atom is 0.249 e. The number of rotatable bonds is 3. The summed E-state index contributed by atoms with van der Waals surface area (Å²) in [6.45, 7) is 0. The molecule has 0 atom stereocenters. The van der Waals surface area contributed by atoms with Crippen LogP contribution in [-0.4, -0.2) is 18.0 Å². The van der Waals surface area contributed by atoms with Gasteiger partial charge in [0, 0.05) is 23.5 Å². The highest BCUT2D eigenvalue weighted by atomic mass is 16.5. The normalized spacial score (nSPS) is 9.68. The molecule has 5 nitrogen and oxygen atoms in total. The zero-order chi connectivity index (χ0) is 13.8. The topological polar surface area (TPSA) is 89.0 Å². The third kappa shape index (κ3) is 2.38. The summed E-state index contributed by atoms with van der Waals surface area (Å²) in [4.78, 5) is 15.4. The van der Waals surface area contributed by atoms with E-state index in [-0.39, 0.29) is 0 Å². The van der Waals surface area contributed by atoms with Crippen molar-refractivity contribution in [2.45, 2.75) is 0 Å². The summed E-state index contributed by atoms with van der Waals surface area (Å²) in [6, 6.07) is 8.54. The first-order chi connectivity index (χ1) is 9.17. The lowest BCUT2D eigenvalue weighted by molar-refractivity contribution is 0.100. The maximum atomic E-state index is 11.4. The number of nitrogens with two attached hydrogens (primary N) is 1. The molecule has 1 amide bonds. The fourth-order valence-electron chi connectivity index (χ4n) is 1.81. The molecule has 0 spiro atoms. The number of aromatic nitrogens is 1. The SMILES string of the molecule is COc1cc(C#N)ccc1-c1cnccc1C(N)=O. The van der Waals surface area contributed by atoms with Gasteiger partial charge in [0.15, 0.2) is 0 Å². The molecule has 0 bridgehead atoms. The van der Waals surface area contributed by atoms with E-state index in [1.807, 2.05) is 6.07 Å². The summed E-state index contributed by atoms with van der Waals surface area (Å²) >= 11 is 0.